The summed E-state index contributed by atoms with van der Waals surface area (Å²) in [7, 11) is 0. The highest BCUT2D eigenvalue weighted by atomic mass is 19.4. The molecule has 0 aliphatic rings. The van der Waals surface area contributed by atoms with Crippen LogP contribution < -0.4 is 0 Å². The molecule has 0 spiro atoms. The van der Waals surface area contributed by atoms with Gasteiger partial charge in [-0.25, -0.2) is 15.0 Å². The maximum Gasteiger partial charge on any atom is 0.417 e. The molecule has 0 radical (unpaired) electrons. The Bertz CT molecular complexity index is 5680. The fraction of sp³-hybridized carbons (Fsp3) is 0.103. The molecule has 108 heavy (non-hydrogen) atoms. The summed E-state index contributed by atoms with van der Waals surface area (Å²) in [5, 5.41) is 10.5. The second-order valence-corrected chi connectivity index (χ2v) is 24.7. The zero-order valence-electron chi connectivity index (χ0n) is 53.5. The van der Waals surface area contributed by atoms with Crippen LogP contribution in [0.25, 0.3) is 134 Å². The second kappa shape index (κ2) is 25.5. The number of hydrogen-bond acceptors (Lipinski definition) is 4. The van der Waals surface area contributed by atoms with E-state index in [1.54, 1.807) is 60.7 Å². The fourth-order valence-corrected chi connectivity index (χ4v) is 13.2. The number of hydrogen-bond donors (Lipinski definition) is 0. The first-order valence-corrected chi connectivity index (χ1v) is 31.3. The van der Waals surface area contributed by atoms with Crippen molar-refractivity contribution in [3.8, 4) is 96.1 Å². The second-order valence-electron chi connectivity index (χ2n) is 24.7. The van der Waals surface area contributed by atoms with Gasteiger partial charge >= 0.3 is 49.4 Å². The van der Waals surface area contributed by atoms with E-state index in [0.717, 1.165) is 72.8 Å². The van der Waals surface area contributed by atoms with Gasteiger partial charge < -0.3 is 9.13 Å². The fourth-order valence-electron chi connectivity index (χ4n) is 13.2. The summed E-state index contributed by atoms with van der Waals surface area (Å²) in [5.74, 6) is -0.343. The van der Waals surface area contributed by atoms with Gasteiger partial charge in [0.25, 0.3) is 0 Å². The lowest BCUT2D eigenvalue weighted by molar-refractivity contribution is -0.144. The van der Waals surface area contributed by atoms with E-state index in [0.29, 0.717) is 59.7 Å². The molecule has 30 heteroatoms. The monoisotopic (exact) mass is 1510 g/mol. The zero-order valence-corrected chi connectivity index (χ0v) is 53.5. The number of nitrogens with zero attached hydrogens (tertiary/aromatic N) is 6. The molecule has 0 aliphatic carbocycles. The predicted molar refractivity (Wildman–Crippen MR) is 351 cm³/mol. The Hall–Kier alpha value is -12.2. The molecule has 546 valence electrons. The van der Waals surface area contributed by atoms with E-state index >= 15 is 52.7 Å². The molecular formula is C78H36F24N6. The molecule has 0 saturated carbocycles. The van der Waals surface area contributed by atoms with Crippen molar-refractivity contribution >= 4 is 43.6 Å². The lowest BCUT2D eigenvalue weighted by Crippen LogP contribution is -2.12. The molecule has 14 rings (SSSR count). The van der Waals surface area contributed by atoms with E-state index < -0.39 is 138 Å². The average molecular weight is 1510 g/mol. The third kappa shape index (κ3) is 13.4. The minimum absolute atomic E-state index is 0.0219. The number of nitriles is 1. The van der Waals surface area contributed by atoms with Crippen LogP contribution in [0.4, 0.5) is 105 Å². The lowest BCUT2D eigenvalue weighted by atomic mass is 9.94. The number of aromatic nitrogens is 5. The van der Waals surface area contributed by atoms with Gasteiger partial charge in [-0.1, -0.05) is 109 Å². The van der Waals surface area contributed by atoms with Gasteiger partial charge in [0.15, 0.2) is 17.5 Å². The van der Waals surface area contributed by atoms with Crippen molar-refractivity contribution in [3.63, 3.8) is 0 Å². The molecule has 0 fully saturated rings. The maximum absolute atomic E-state index is 15.2. The van der Waals surface area contributed by atoms with Crippen LogP contribution in [-0.4, -0.2) is 24.1 Å². The summed E-state index contributed by atoms with van der Waals surface area (Å²) in [6.45, 7) is 0. The zero-order chi connectivity index (χ0) is 77.5. The summed E-state index contributed by atoms with van der Waals surface area (Å²) in [4.78, 5) is 14.3. The number of alkyl halides is 24. The Kier molecular flexibility index (Phi) is 17.2. The Morgan fingerprint density at radius 1 is 0.241 bits per heavy atom. The topological polar surface area (TPSA) is 72.3 Å². The van der Waals surface area contributed by atoms with Crippen LogP contribution in [0.3, 0.4) is 0 Å². The van der Waals surface area contributed by atoms with Gasteiger partial charge in [-0.2, -0.15) is 111 Å². The van der Waals surface area contributed by atoms with E-state index in [2.05, 4.69) is 6.07 Å². The lowest BCUT2D eigenvalue weighted by Gasteiger charge is -2.20. The van der Waals surface area contributed by atoms with Gasteiger partial charge in [0.05, 0.1) is 89.6 Å². The highest BCUT2D eigenvalue weighted by Crippen LogP contribution is 2.51. The van der Waals surface area contributed by atoms with Gasteiger partial charge in [0.2, 0.25) is 0 Å². The normalized spacial score (nSPS) is 13.0. The standard InChI is InChI=1S/C78H36F24N6/c79-71(80,81)45-15-19-49(58(32-45)75(91,92)93)40-11-23-62-54(27-40)55-28-41(50-20-16-46(72(82,83)84)33-59(50)76(94,95)96)12-24-63(55)107(62)66-31-44(37-103)53(70-105-68(38-7-3-1-4-8-38)104-69(106-70)39-9-5-2-6-10-39)36-67(66)108-64-25-13-42(51-21-17-47(73(85,86)87)34-60(51)77(97,98)99)29-56(64)57-30-43(14-26-65(57)108)52-22-18-48(74(88,89)90)35-61(52)78(100,101)102/h1-36H. The highest BCUT2D eigenvalue weighted by molar-refractivity contribution is 6.14. The molecule has 6 nitrogen and oxygen atoms in total. The Labute approximate surface area is 590 Å². The van der Waals surface area contributed by atoms with Crippen molar-refractivity contribution in [2.45, 2.75) is 49.4 Å². The SMILES string of the molecule is N#Cc1cc(-n2c3ccc(-c4ccc(C(F)(F)F)cc4C(F)(F)F)cc3c3cc(-c4ccc(C(F)(F)F)cc4C(F)(F)F)ccc32)c(-n2c3ccc(-c4ccc(C(F)(F)F)cc4C(F)(F)F)cc3c3cc(-c4ccc(C(F)(F)F)cc4C(F)(F)F)ccc32)cc1-c1nc(-c2ccccc2)nc(-c2ccccc2)n1. The summed E-state index contributed by atoms with van der Waals surface area (Å²) in [5.41, 5.74) is -21.0. The highest BCUT2D eigenvalue weighted by Gasteiger charge is 2.44. The maximum atomic E-state index is 15.2. The van der Waals surface area contributed by atoms with Crippen LogP contribution in [0, 0.1) is 11.3 Å². The summed E-state index contributed by atoms with van der Waals surface area (Å²) >= 11 is 0. The smallest absolute Gasteiger partial charge is 0.307 e. The molecule has 0 N–H and O–H groups in total. The first kappa shape index (κ1) is 72.8. The molecule has 3 heterocycles. The molecule has 0 bridgehead atoms. The number of halogens is 24. The number of fused-ring (bicyclic) bond motifs is 6. The Balaban J connectivity index is 1.14. The molecule has 0 amide bonds. The molecular weight excluding hydrogens is 1480 g/mol. The molecule has 14 aromatic rings. The number of benzene rings is 11. The minimum Gasteiger partial charge on any atom is -0.307 e. The van der Waals surface area contributed by atoms with Gasteiger partial charge in [0, 0.05) is 38.2 Å². The summed E-state index contributed by atoms with van der Waals surface area (Å²) < 4.78 is 355. The molecule has 0 atom stereocenters. The van der Waals surface area contributed by atoms with Crippen molar-refractivity contribution in [1.29, 1.82) is 5.26 Å². The van der Waals surface area contributed by atoms with Crippen LogP contribution >= 0.6 is 0 Å². The van der Waals surface area contributed by atoms with Crippen LogP contribution in [0.1, 0.15) is 50.1 Å². The quantitative estimate of drug-likeness (QED) is 0.135. The number of rotatable bonds is 9. The van der Waals surface area contributed by atoms with Crippen molar-refractivity contribution < 1.29 is 105 Å². The van der Waals surface area contributed by atoms with Crippen molar-refractivity contribution in [2.24, 2.45) is 0 Å². The molecule has 3 aromatic heterocycles. The van der Waals surface area contributed by atoms with Gasteiger partial charge in [-0.15, -0.1) is 0 Å². The van der Waals surface area contributed by atoms with Gasteiger partial charge in [-0.3, -0.25) is 0 Å². The van der Waals surface area contributed by atoms with E-state index in [4.69, 9.17) is 15.0 Å². The van der Waals surface area contributed by atoms with Crippen LogP contribution in [0.2, 0.25) is 0 Å². The predicted octanol–water partition coefficient (Wildman–Crippen LogP) is 25.8. The summed E-state index contributed by atoms with van der Waals surface area (Å²) in [6.07, 6.45) is -43.5. The Morgan fingerprint density at radius 2 is 0.500 bits per heavy atom. The van der Waals surface area contributed by atoms with Gasteiger partial charge in [0.1, 0.15) is 0 Å². The molecule has 0 unspecified atom stereocenters. The molecule has 0 aliphatic heterocycles. The van der Waals surface area contributed by atoms with Crippen LogP contribution in [0.15, 0.2) is 218 Å². The van der Waals surface area contributed by atoms with Crippen LogP contribution in [-0.2, 0) is 49.4 Å². The van der Waals surface area contributed by atoms with E-state index in [9.17, 15) is 57.9 Å². The van der Waals surface area contributed by atoms with Gasteiger partial charge in [-0.05, 0) is 154 Å². The summed E-state index contributed by atoms with van der Waals surface area (Å²) in [6, 6.07) is 36.0. The first-order chi connectivity index (χ1) is 50.5. The largest absolute Gasteiger partial charge is 0.417 e. The Morgan fingerprint density at radius 3 is 0.750 bits per heavy atom. The van der Waals surface area contributed by atoms with E-state index in [-0.39, 0.29) is 108 Å². The van der Waals surface area contributed by atoms with E-state index in [1.807, 2.05) is 0 Å². The molecule has 0 saturated heterocycles. The average Bonchev–Trinajstić information content (AvgIpc) is 1.55. The van der Waals surface area contributed by atoms with Crippen molar-refractivity contribution in [3.05, 3.63) is 268 Å². The third-order valence-electron chi connectivity index (χ3n) is 18.0. The van der Waals surface area contributed by atoms with Crippen LogP contribution in [0.5, 0.6) is 0 Å². The van der Waals surface area contributed by atoms with E-state index in [1.165, 1.54) is 21.3 Å². The third-order valence-corrected chi connectivity index (χ3v) is 18.0. The van der Waals surface area contributed by atoms with Crippen molar-refractivity contribution in [2.75, 3.05) is 0 Å². The van der Waals surface area contributed by atoms with Crippen molar-refractivity contribution in [1.82, 2.24) is 24.1 Å². The first-order valence-electron chi connectivity index (χ1n) is 31.3. The molecule has 11 aromatic carbocycles. The minimum atomic E-state index is -5.53.